The number of rotatable bonds is 6. The van der Waals surface area contributed by atoms with Gasteiger partial charge in [-0.3, -0.25) is 4.79 Å². The lowest BCUT2D eigenvalue weighted by Gasteiger charge is -2.14. The number of aryl methyl sites for hydroxylation is 1. The highest BCUT2D eigenvalue weighted by Crippen LogP contribution is 2.38. The van der Waals surface area contributed by atoms with E-state index in [0.717, 1.165) is 11.1 Å². The normalized spacial score (nSPS) is 10.1. The van der Waals surface area contributed by atoms with Gasteiger partial charge in [0.1, 0.15) is 5.82 Å². The Labute approximate surface area is 135 Å². The van der Waals surface area contributed by atoms with E-state index >= 15 is 0 Å². The number of aromatic nitrogens is 1. The van der Waals surface area contributed by atoms with Crippen molar-refractivity contribution in [2.45, 2.75) is 13.3 Å². The molecule has 1 amide bonds. The van der Waals surface area contributed by atoms with E-state index in [-0.39, 0.29) is 12.3 Å². The molecule has 1 heterocycles. The van der Waals surface area contributed by atoms with Crippen molar-refractivity contribution >= 4 is 11.7 Å². The van der Waals surface area contributed by atoms with Gasteiger partial charge in [-0.1, -0.05) is 0 Å². The topological polar surface area (TPSA) is 69.7 Å². The first-order chi connectivity index (χ1) is 11.1. The summed E-state index contributed by atoms with van der Waals surface area (Å²) >= 11 is 0. The molecule has 0 saturated heterocycles. The highest BCUT2D eigenvalue weighted by atomic mass is 16.5. The lowest BCUT2D eigenvalue weighted by molar-refractivity contribution is -0.115. The van der Waals surface area contributed by atoms with Gasteiger partial charge in [-0.2, -0.15) is 0 Å². The monoisotopic (exact) mass is 316 g/mol. The molecule has 2 aromatic rings. The first-order valence-electron chi connectivity index (χ1n) is 7.08. The molecule has 6 nitrogen and oxygen atoms in total. The molecule has 0 fully saturated rings. The number of hydrogen-bond donors (Lipinski definition) is 1. The second kappa shape index (κ2) is 7.49. The number of carbonyl (C=O) groups excluding carboxylic acids is 1. The van der Waals surface area contributed by atoms with Crippen LogP contribution in [0.4, 0.5) is 5.82 Å². The average Bonchev–Trinajstić information content (AvgIpc) is 2.53. The van der Waals surface area contributed by atoms with Gasteiger partial charge in [0.15, 0.2) is 11.5 Å². The van der Waals surface area contributed by atoms with Crippen LogP contribution in [0.25, 0.3) is 0 Å². The Hall–Kier alpha value is -2.76. The zero-order valence-electron chi connectivity index (χ0n) is 13.7. The van der Waals surface area contributed by atoms with Gasteiger partial charge in [0.05, 0.1) is 27.8 Å². The number of carbonyl (C=O) groups is 1. The Bertz CT molecular complexity index is 676. The minimum absolute atomic E-state index is 0.169. The van der Waals surface area contributed by atoms with Gasteiger partial charge in [-0.25, -0.2) is 4.98 Å². The Morgan fingerprint density at radius 1 is 1.09 bits per heavy atom. The van der Waals surface area contributed by atoms with Crippen molar-refractivity contribution in [3.05, 3.63) is 41.6 Å². The lowest BCUT2D eigenvalue weighted by Crippen LogP contribution is -2.15. The summed E-state index contributed by atoms with van der Waals surface area (Å²) in [4.78, 5) is 16.3. The van der Waals surface area contributed by atoms with Crippen LogP contribution in [0.5, 0.6) is 17.2 Å². The number of benzene rings is 1. The molecule has 6 heteroatoms. The number of anilines is 1. The fourth-order valence-corrected chi connectivity index (χ4v) is 2.21. The van der Waals surface area contributed by atoms with Gasteiger partial charge < -0.3 is 19.5 Å². The van der Waals surface area contributed by atoms with E-state index in [4.69, 9.17) is 14.2 Å². The van der Waals surface area contributed by atoms with Crippen molar-refractivity contribution in [1.82, 2.24) is 4.98 Å². The number of nitrogens with zero attached hydrogens (tertiary/aromatic N) is 1. The smallest absolute Gasteiger partial charge is 0.229 e. The summed E-state index contributed by atoms with van der Waals surface area (Å²) < 4.78 is 15.8. The molecule has 1 aromatic heterocycles. The fourth-order valence-electron chi connectivity index (χ4n) is 2.21. The summed E-state index contributed by atoms with van der Waals surface area (Å²) in [6, 6.07) is 7.19. The molecule has 122 valence electrons. The highest BCUT2D eigenvalue weighted by molar-refractivity contribution is 5.91. The van der Waals surface area contributed by atoms with E-state index in [1.54, 1.807) is 18.3 Å². The fraction of sp³-hybridized carbons (Fsp3) is 0.294. The average molecular weight is 316 g/mol. The molecule has 1 N–H and O–H groups in total. The third-order valence-electron chi connectivity index (χ3n) is 3.27. The van der Waals surface area contributed by atoms with Gasteiger partial charge in [0, 0.05) is 6.20 Å². The molecule has 0 unspecified atom stereocenters. The van der Waals surface area contributed by atoms with E-state index in [0.29, 0.717) is 23.1 Å². The molecule has 0 radical (unpaired) electrons. The van der Waals surface area contributed by atoms with Crippen LogP contribution in [0.1, 0.15) is 11.1 Å². The SMILES string of the molecule is COc1cc(CC(=O)Nc2cc(C)ccn2)cc(OC)c1OC. The van der Waals surface area contributed by atoms with E-state index < -0.39 is 0 Å². The van der Waals surface area contributed by atoms with Crippen LogP contribution in [0.15, 0.2) is 30.5 Å². The summed E-state index contributed by atoms with van der Waals surface area (Å²) in [6.45, 7) is 1.94. The van der Waals surface area contributed by atoms with Gasteiger partial charge >= 0.3 is 0 Å². The summed E-state index contributed by atoms with van der Waals surface area (Å²) in [6.07, 6.45) is 1.83. The predicted molar refractivity (Wildman–Crippen MR) is 87.4 cm³/mol. The van der Waals surface area contributed by atoms with Crippen LogP contribution in [-0.4, -0.2) is 32.2 Å². The number of methoxy groups -OCH3 is 3. The first kappa shape index (κ1) is 16.6. The summed E-state index contributed by atoms with van der Waals surface area (Å²) in [5, 5.41) is 2.77. The maximum Gasteiger partial charge on any atom is 0.229 e. The molecule has 0 aliphatic rings. The molecule has 1 aromatic carbocycles. The number of hydrogen-bond acceptors (Lipinski definition) is 5. The molecule has 0 saturated carbocycles. The zero-order valence-corrected chi connectivity index (χ0v) is 13.7. The van der Waals surface area contributed by atoms with E-state index in [1.807, 2.05) is 19.1 Å². The minimum atomic E-state index is -0.169. The minimum Gasteiger partial charge on any atom is -0.493 e. The zero-order chi connectivity index (χ0) is 16.8. The molecule has 0 spiro atoms. The molecule has 0 aliphatic carbocycles. The second-order valence-corrected chi connectivity index (χ2v) is 4.98. The van der Waals surface area contributed by atoms with Crippen molar-refractivity contribution in [2.75, 3.05) is 26.6 Å². The van der Waals surface area contributed by atoms with Gasteiger partial charge in [0.25, 0.3) is 0 Å². The predicted octanol–water partition coefficient (Wildman–Crippen LogP) is 2.60. The molecule has 0 bridgehead atoms. The van der Waals surface area contributed by atoms with Crippen LogP contribution >= 0.6 is 0 Å². The Kier molecular flexibility index (Phi) is 5.41. The molecule has 0 aliphatic heterocycles. The highest BCUT2D eigenvalue weighted by Gasteiger charge is 2.15. The molecule has 23 heavy (non-hydrogen) atoms. The maximum atomic E-state index is 12.2. The number of pyridine rings is 1. The van der Waals surface area contributed by atoms with Crippen LogP contribution < -0.4 is 19.5 Å². The van der Waals surface area contributed by atoms with Gasteiger partial charge in [0.2, 0.25) is 11.7 Å². The molecule has 2 rings (SSSR count). The molecular formula is C17H20N2O4. The third-order valence-corrected chi connectivity index (χ3v) is 3.27. The molecular weight excluding hydrogens is 296 g/mol. The lowest BCUT2D eigenvalue weighted by atomic mass is 10.1. The van der Waals surface area contributed by atoms with Crippen molar-refractivity contribution in [3.8, 4) is 17.2 Å². The quantitative estimate of drug-likeness (QED) is 0.887. The first-order valence-corrected chi connectivity index (χ1v) is 7.08. The summed E-state index contributed by atoms with van der Waals surface area (Å²) in [5.74, 6) is 1.89. The van der Waals surface area contributed by atoms with Gasteiger partial charge in [-0.05, 0) is 42.3 Å². The van der Waals surface area contributed by atoms with Gasteiger partial charge in [-0.15, -0.1) is 0 Å². The van der Waals surface area contributed by atoms with E-state index in [2.05, 4.69) is 10.3 Å². The van der Waals surface area contributed by atoms with Crippen LogP contribution in [0.3, 0.4) is 0 Å². The Morgan fingerprint density at radius 2 is 1.74 bits per heavy atom. The van der Waals surface area contributed by atoms with Crippen molar-refractivity contribution in [2.24, 2.45) is 0 Å². The number of ether oxygens (including phenoxy) is 3. The van der Waals surface area contributed by atoms with E-state index in [9.17, 15) is 4.79 Å². The Morgan fingerprint density at radius 3 is 2.26 bits per heavy atom. The largest absolute Gasteiger partial charge is 0.493 e. The van der Waals surface area contributed by atoms with Crippen molar-refractivity contribution < 1.29 is 19.0 Å². The van der Waals surface area contributed by atoms with Crippen molar-refractivity contribution in [3.63, 3.8) is 0 Å². The summed E-state index contributed by atoms with van der Waals surface area (Å²) in [7, 11) is 4.62. The third kappa shape index (κ3) is 4.12. The maximum absolute atomic E-state index is 12.2. The van der Waals surface area contributed by atoms with Crippen LogP contribution in [0.2, 0.25) is 0 Å². The molecule has 0 atom stereocenters. The van der Waals surface area contributed by atoms with E-state index in [1.165, 1.54) is 21.3 Å². The Balaban J connectivity index is 2.17. The van der Waals surface area contributed by atoms with Crippen LogP contribution in [0, 0.1) is 6.92 Å². The number of nitrogens with one attached hydrogen (secondary N) is 1. The number of amides is 1. The van der Waals surface area contributed by atoms with Crippen LogP contribution in [-0.2, 0) is 11.2 Å². The van der Waals surface area contributed by atoms with Crippen molar-refractivity contribution in [1.29, 1.82) is 0 Å². The standard InChI is InChI=1S/C17H20N2O4/c1-11-5-6-18-15(7-11)19-16(20)10-12-8-13(21-2)17(23-4)14(9-12)22-3/h5-9H,10H2,1-4H3,(H,18,19,20). The summed E-state index contributed by atoms with van der Waals surface area (Å²) in [5.41, 5.74) is 1.78. The second-order valence-electron chi connectivity index (χ2n) is 4.98.